The topological polar surface area (TPSA) is 73.5 Å². The van der Waals surface area contributed by atoms with Crippen LogP contribution in [0.3, 0.4) is 0 Å². The highest BCUT2D eigenvalue weighted by Gasteiger charge is 2.23. The summed E-state index contributed by atoms with van der Waals surface area (Å²) in [5.74, 6) is -0.138. The van der Waals surface area contributed by atoms with Crippen molar-refractivity contribution in [2.24, 2.45) is 0 Å². The molecular weight excluding hydrogens is 352 g/mol. The van der Waals surface area contributed by atoms with Crippen molar-refractivity contribution in [2.45, 2.75) is 32.7 Å². The van der Waals surface area contributed by atoms with Gasteiger partial charge in [0.15, 0.2) is 0 Å². The van der Waals surface area contributed by atoms with Crippen LogP contribution in [-0.4, -0.2) is 36.5 Å². The lowest BCUT2D eigenvalue weighted by Gasteiger charge is -2.28. The van der Waals surface area contributed by atoms with Gasteiger partial charge in [-0.25, -0.2) is 4.79 Å². The number of anilines is 2. The number of urea groups is 1. The Morgan fingerprint density at radius 2 is 1.75 bits per heavy atom. The summed E-state index contributed by atoms with van der Waals surface area (Å²) in [6.07, 6.45) is 2.40. The molecule has 1 heterocycles. The lowest BCUT2D eigenvalue weighted by molar-refractivity contribution is -0.114. The number of rotatable bonds is 6. The molecule has 6 nitrogen and oxygen atoms in total. The standard InChI is InChI=1S/C22H28N4O2/c1-16-10-11-19(14-20(16)24-17(2)27)25-22(28)23-15-21(26-12-6-7-13-26)18-8-4-3-5-9-18/h3-5,8-11,14,21H,6-7,12-13,15H2,1-2H3,(H,24,27)(H2,23,25,28). The van der Waals surface area contributed by atoms with E-state index in [1.165, 1.54) is 25.3 Å². The number of aryl methyl sites for hydroxylation is 1. The fourth-order valence-electron chi connectivity index (χ4n) is 3.57. The summed E-state index contributed by atoms with van der Waals surface area (Å²) in [7, 11) is 0. The van der Waals surface area contributed by atoms with Crippen molar-refractivity contribution in [2.75, 3.05) is 30.3 Å². The van der Waals surface area contributed by atoms with E-state index < -0.39 is 0 Å². The molecule has 1 aliphatic heterocycles. The Labute approximate surface area is 166 Å². The molecule has 0 spiro atoms. The van der Waals surface area contributed by atoms with Gasteiger partial charge in [-0.3, -0.25) is 9.69 Å². The second kappa shape index (κ2) is 9.37. The van der Waals surface area contributed by atoms with Crippen LogP contribution in [0.15, 0.2) is 48.5 Å². The van der Waals surface area contributed by atoms with Crippen molar-refractivity contribution < 1.29 is 9.59 Å². The van der Waals surface area contributed by atoms with Gasteiger partial charge in [0.25, 0.3) is 0 Å². The van der Waals surface area contributed by atoms with E-state index in [-0.39, 0.29) is 18.0 Å². The normalized spacial score (nSPS) is 15.1. The second-order valence-electron chi connectivity index (χ2n) is 7.22. The lowest BCUT2D eigenvalue weighted by Crippen LogP contribution is -2.38. The third-order valence-corrected chi connectivity index (χ3v) is 5.03. The zero-order valence-electron chi connectivity index (χ0n) is 16.5. The van der Waals surface area contributed by atoms with Crippen molar-refractivity contribution in [1.82, 2.24) is 10.2 Å². The zero-order valence-corrected chi connectivity index (χ0v) is 16.5. The molecule has 1 unspecified atom stereocenters. The van der Waals surface area contributed by atoms with E-state index in [0.717, 1.165) is 18.7 Å². The highest BCUT2D eigenvalue weighted by Crippen LogP contribution is 2.24. The van der Waals surface area contributed by atoms with Crippen LogP contribution in [0.5, 0.6) is 0 Å². The van der Waals surface area contributed by atoms with Crippen LogP contribution in [-0.2, 0) is 4.79 Å². The summed E-state index contributed by atoms with van der Waals surface area (Å²) in [6.45, 7) is 6.03. The van der Waals surface area contributed by atoms with E-state index in [9.17, 15) is 9.59 Å². The molecule has 1 atom stereocenters. The fraction of sp³-hybridized carbons (Fsp3) is 0.364. The van der Waals surface area contributed by atoms with E-state index in [0.29, 0.717) is 17.9 Å². The first kappa shape index (κ1) is 19.9. The Balaban J connectivity index is 1.62. The number of carbonyl (C=O) groups excluding carboxylic acids is 2. The maximum atomic E-state index is 12.5. The average Bonchev–Trinajstić information content (AvgIpc) is 3.19. The van der Waals surface area contributed by atoms with Gasteiger partial charge in [-0.05, 0) is 56.1 Å². The number of hydrogen-bond acceptors (Lipinski definition) is 3. The van der Waals surface area contributed by atoms with Crippen molar-refractivity contribution in [3.8, 4) is 0 Å². The lowest BCUT2D eigenvalue weighted by atomic mass is 10.1. The first-order valence-corrected chi connectivity index (χ1v) is 9.75. The van der Waals surface area contributed by atoms with Gasteiger partial charge in [0.1, 0.15) is 0 Å². The summed E-state index contributed by atoms with van der Waals surface area (Å²) in [6, 6.07) is 15.7. The number of hydrogen-bond donors (Lipinski definition) is 3. The van der Waals surface area contributed by atoms with Crippen LogP contribution in [0.2, 0.25) is 0 Å². The van der Waals surface area contributed by atoms with Crippen molar-refractivity contribution in [1.29, 1.82) is 0 Å². The largest absolute Gasteiger partial charge is 0.336 e. The van der Waals surface area contributed by atoms with Gasteiger partial charge < -0.3 is 16.0 Å². The van der Waals surface area contributed by atoms with Gasteiger partial charge in [0.2, 0.25) is 5.91 Å². The van der Waals surface area contributed by atoms with Gasteiger partial charge in [-0.1, -0.05) is 36.4 Å². The van der Waals surface area contributed by atoms with Crippen LogP contribution < -0.4 is 16.0 Å². The SMILES string of the molecule is CC(=O)Nc1cc(NC(=O)NCC(c2ccccc2)N2CCCC2)ccc1C. The van der Waals surface area contributed by atoms with Gasteiger partial charge in [0.05, 0.1) is 6.04 Å². The molecule has 0 saturated carbocycles. The molecule has 0 aliphatic carbocycles. The van der Waals surface area contributed by atoms with Crippen molar-refractivity contribution in [3.05, 3.63) is 59.7 Å². The minimum Gasteiger partial charge on any atom is -0.336 e. The number of carbonyl (C=O) groups is 2. The smallest absolute Gasteiger partial charge is 0.319 e. The maximum absolute atomic E-state index is 12.5. The van der Waals surface area contributed by atoms with Gasteiger partial charge in [0, 0.05) is 24.8 Å². The highest BCUT2D eigenvalue weighted by molar-refractivity contribution is 5.93. The fourth-order valence-corrected chi connectivity index (χ4v) is 3.57. The minimum atomic E-state index is -0.252. The summed E-state index contributed by atoms with van der Waals surface area (Å²) < 4.78 is 0. The molecule has 1 fully saturated rings. The second-order valence-corrected chi connectivity index (χ2v) is 7.22. The van der Waals surface area contributed by atoms with Crippen LogP contribution in [0, 0.1) is 6.92 Å². The molecule has 2 aromatic rings. The predicted molar refractivity (Wildman–Crippen MR) is 112 cm³/mol. The van der Waals surface area contributed by atoms with E-state index in [1.54, 1.807) is 6.07 Å². The average molecular weight is 380 g/mol. The maximum Gasteiger partial charge on any atom is 0.319 e. The van der Waals surface area contributed by atoms with E-state index in [2.05, 4.69) is 33.0 Å². The number of nitrogens with zero attached hydrogens (tertiary/aromatic N) is 1. The van der Waals surface area contributed by atoms with Crippen LogP contribution in [0.25, 0.3) is 0 Å². The van der Waals surface area contributed by atoms with Crippen LogP contribution >= 0.6 is 0 Å². The molecule has 0 aromatic heterocycles. The quantitative estimate of drug-likeness (QED) is 0.711. The van der Waals surface area contributed by atoms with Crippen molar-refractivity contribution >= 4 is 23.3 Å². The molecule has 148 valence electrons. The van der Waals surface area contributed by atoms with E-state index in [1.807, 2.05) is 37.3 Å². The Hall–Kier alpha value is -2.86. The monoisotopic (exact) mass is 380 g/mol. The molecule has 3 N–H and O–H groups in total. The summed E-state index contributed by atoms with van der Waals surface area (Å²) in [4.78, 5) is 26.2. The van der Waals surface area contributed by atoms with Crippen molar-refractivity contribution in [3.63, 3.8) is 0 Å². The summed E-state index contributed by atoms with van der Waals surface area (Å²) in [5.41, 5.74) is 3.50. The van der Waals surface area contributed by atoms with Crippen LogP contribution in [0.1, 0.15) is 36.9 Å². The van der Waals surface area contributed by atoms with E-state index >= 15 is 0 Å². The molecule has 3 rings (SSSR count). The van der Waals surface area contributed by atoms with Gasteiger partial charge >= 0.3 is 6.03 Å². The highest BCUT2D eigenvalue weighted by atomic mass is 16.2. The number of nitrogens with one attached hydrogen (secondary N) is 3. The predicted octanol–water partition coefficient (Wildman–Crippen LogP) is 3.91. The molecule has 6 heteroatoms. The first-order chi connectivity index (χ1) is 13.5. The molecule has 3 amide bonds. The molecule has 28 heavy (non-hydrogen) atoms. The molecular formula is C22H28N4O2. The molecule has 0 bridgehead atoms. The first-order valence-electron chi connectivity index (χ1n) is 9.75. The minimum absolute atomic E-state index is 0.138. The Kier molecular flexibility index (Phi) is 6.66. The summed E-state index contributed by atoms with van der Waals surface area (Å²) in [5, 5.41) is 8.64. The molecule has 2 aromatic carbocycles. The third kappa shape index (κ3) is 5.33. The van der Waals surface area contributed by atoms with Gasteiger partial charge in [-0.15, -0.1) is 0 Å². The third-order valence-electron chi connectivity index (χ3n) is 5.03. The molecule has 1 saturated heterocycles. The van der Waals surface area contributed by atoms with E-state index in [4.69, 9.17) is 0 Å². The number of likely N-dealkylation sites (tertiary alicyclic amines) is 1. The summed E-state index contributed by atoms with van der Waals surface area (Å²) >= 11 is 0. The zero-order chi connectivity index (χ0) is 19.9. The molecule has 1 aliphatic rings. The Morgan fingerprint density at radius 1 is 1.04 bits per heavy atom. The number of benzene rings is 2. The van der Waals surface area contributed by atoms with Gasteiger partial charge in [-0.2, -0.15) is 0 Å². The Bertz CT molecular complexity index is 817. The van der Waals surface area contributed by atoms with Crippen LogP contribution in [0.4, 0.5) is 16.2 Å². The Morgan fingerprint density at radius 3 is 2.43 bits per heavy atom. The number of amides is 3. The molecule has 0 radical (unpaired) electrons.